The highest BCUT2D eigenvalue weighted by atomic mass is 19.4. The average molecular weight is 720 g/mol. The Morgan fingerprint density at radius 3 is 2.35 bits per heavy atom. The molecule has 4 N–H and O–H groups in total. The van der Waals surface area contributed by atoms with E-state index in [9.17, 15) is 31.9 Å². The van der Waals surface area contributed by atoms with Crippen LogP contribution in [0.4, 0.5) is 29.1 Å². The molecule has 3 amide bonds. The van der Waals surface area contributed by atoms with Crippen molar-refractivity contribution in [1.29, 1.82) is 0 Å². The molecule has 2 aromatic carbocycles. The summed E-state index contributed by atoms with van der Waals surface area (Å²) in [5, 5.41) is 4.71. The van der Waals surface area contributed by atoms with E-state index in [1.807, 2.05) is 24.0 Å². The van der Waals surface area contributed by atoms with E-state index in [0.29, 0.717) is 63.7 Å². The number of likely N-dealkylation sites (tertiary alicyclic amines) is 1. The predicted molar refractivity (Wildman–Crippen MR) is 190 cm³/mol. The Bertz CT molecular complexity index is 2110. The number of carbonyl (C=O) groups is 3. The molecule has 52 heavy (non-hydrogen) atoms. The number of nitrogens with zero attached hydrogens (tertiary/aromatic N) is 4. The molecule has 4 aromatic rings. The fourth-order valence-electron chi connectivity index (χ4n) is 6.22. The number of aryl methyl sites for hydroxylation is 1. The molecule has 2 aromatic heterocycles. The number of nitrogens with one attached hydrogen (secondary N) is 2. The van der Waals surface area contributed by atoms with Gasteiger partial charge in [-0.2, -0.15) is 13.2 Å². The maximum Gasteiger partial charge on any atom is 0.405 e. The second kappa shape index (κ2) is 15.2. The average Bonchev–Trinajstić information content (AvgIpc) is 3.43. The Hall–Kier alpha value is -5.88. The van der Waals surface area contributed by atoms with Gasteiger partial charge in [-0.1, -0.05) is 30.7 Å². The largest absolute Gasteiger partial charge is 0.496 e. The van der Waals surface area contributed by atoms with Crippen LogP contribution in [-0.2, 0) is 16.6 Å². The van der Waals surface area contributed by atoms with Gasteiger partial charge in [0.25, 0.3) is 17.7 Å². The van der Waals surface area contributed by atoms with Gasteiger partial charge in [0.2, 0.25) is 0 Å². The highest BCUT2D eigenvalue weighted by Crippen LogP contribution is 2.44. The molecular weight excluding hydrogens is 682 g/mol. The number of carbonyl (C=O) groups excluding carboxylic acids is 3. The monoisotopic (exact) mass is 719 g/mol. The number of piperidine rings is 1. The van der Waals surface area contributed by atoms with E-state index in [-0.39, 0.29) is 23.0 Å². The first-order chi connectivity index (χ1) is 24.6. The zero-order valence-electron chi connectivity index (χ0n) is 28.9. The lowest BCUT2D eigenvalue weighted by Crippen LogP contribution is -2.44. The van der Waals surface area contributed by atoms with Crippen LogP contribution in [0.3, 0.4) is 0 Å². The molecule has 1 fully saturated rings. The topological polar surface area (TPSA) is 135 Å². The molecule has 15 heteroatoms. The third kappa shape index (κ3) is 8.02. The van der Waals surface area contributed by atoms with Crippen molar-refractivity contribution in [3.05, 3.63) is 72.2 Å². The molecule has 1 saturated heterocycles. The molecule has 0 saturated carbocycles. The first-order valence-corrected chi connectivity index (χ1v) is 16.1. The van der Waals surface area contributed by atoms with Crippen LogP contribution < -0.4 is 21.1 Å². The van der Waals surface area contributed by atoms with E-state index >= 15 is 0 Å². The fraction of sp³-hybridized carbons (Fsp3) is 0.297. The van der Waals surface area contributed by atoms with Crippen molar-refractivity contribution in [1.82, 2.24) is 24.7 Å². The number of hydrogen-bond donors (Lipinski definition) is 3. The van der Waals surface area contributed by atoms with Crippen molar-refractivity contribution in [3.63, 3.8) is 0 Å². The van der Waals surface area contributed by atoms with Gasteiger partial charge in [0.1, 0.15) is 18.1 Å². The van der Waals surface area contributed by atoms with Crippen molar-refractivity contribution in [3.8, 4) is 40.0 Å². The maximum atomic E-state index is 13.4. The van der Waals surface area contributed by atoms with Crippen LogP contribution in [-0.4, -0.2) is 90.1 Å². The second-order valence-electron chi connectivity index (χ2n) is 12.4. The lowest BCUT2D eigenvalue weighted by molar-refractivity contribution is -0.126. The summed E-state index contributed by atoms with van der Waals surface area (Å²) < 4.78 is 59.2. The summed E-state index contributed by atoms with van der Waals surface area (Å²) in [7, 11) is 7.07. The Labute approximate surface area is 297 Å². The van der Waals surface area contributed by atoms with Gasteiger partial charge in [0.15, 0.2) is 5.83 Å². The van der Waals surface area contributed by atoms with Crippen molar-refractivity contribution in [2.24, 2.45) is 7.05 Å². The Morgan fingerprint density at radius 2 is 1.75 bits per heavy atom. The number of benzene rings is 2. The molecular formula is C37H37F4N7O4. The number of nitrogens with two attached hydrogens (primary N) is 1. The van der Waals surface area contributed by atoms with Crippen molar-refractivity contribution in [2.75, 3.05) is 51.9 Å². The molecule has 0 radical (unpaired) electrons. The second-order valence-corrected chi connectivity index (χ2v) is 12.4. The van der Waals surface area contributed by atoms with Crippen LogP contribution in [0.15, 0.2) is 61.1 Å². The number of anilines is 2. The number of ether oxygens (including phenoxy) is 1. The highest BCUT2D eigenvalue weighted by Gasteiger charge is 2.29. The molecule has 0 unspecified atom stereocenters. The van der Waals surface area contributed by atoms with Crippen molar-refractivity contribution < 1.29 is 36.7 Å². The molecule has 1 aliphatic rings. The number of pyridine rings is 1. The molecule has 5 rings (SSSR count). The molecule has 0 spiro atoms. The third-order valence-electron chi connectivity index (χ3n) is 8.87. The minimum Gasteiger partial charge on any atom is -0.496 e. The van der Waals surface area contributed by atoms with Gasteiger partial charge in [-0.25, -0.2) is 9.37 Å². The van der Waals surface area contributed by atoms with Gasteiger partial charge in [0, 0.05) is 49.5 Å². The van der Waals surface area contributed by atoms with E-state index in [1.54, 1.807) is 42.3 Å². The van der Waals surface area contributed by atoms with Gasteiger partial charge >= 0.3 is 6.18 Å². The number of aromatic nitrogens is 2. The van der Waals surface area contributed by atoms with Crippen LogP contribution in [0.25, 0.3) is 33.3 Å². The molecule has 0 aliphatic carbocycles. The van der Waals surface area contributed by atoms with Gasteiger partial charge in [0.05, 0.1) is 34.8 Å². The Morgan fingerprint density at radius 1 is 1.10 bits per heavy atom. The summed E-state index contributed by atoms with van der Waals surface area (Å²) in [6.07, 6.45) is -1.48. The lowest BCUT2D eigenvalue weighted by Gasteiger charge is -2.34. The SMILES string of the molecule is C=C(F)C(=O)Nc1ccc(-c2c(-c3ccc(C(=O)NCC(F)(F)F)c(OC)c3)c3c(N)ncc(C#CC(=O)N4CCC(N(C)C)CC4)c3n2C)cc1. The van der Waals surface area contributed by atoms with Crippen molar-refractivity contribution in [2.45, 2.75) is 25.1 Å². The zero-order chi connectivity index (χ0) is 37.9. The van der Waals surface area contributed by atoms with Gasteiger partial charge in [-0.05, 0) is 62.3 Å². The summed E-state index contributed by atoms with van der Waals surface area (Å²) in [6.45, 7) is 2.63. The standard InChI is InChI=1S/C37H37F4N7O4/c1-21(38)35(50)45-25-10-6-22(7-11-25)32-30(23-8-12-27(28(18-23)52-5)36(51)44-20-37(39,40)41)31-33(47(32)4)24(19-43-34(31)42)9-13-29(49)48-16-14-26(15-17-48)46(2)3/h6-8,10-12,18-19,26H,1,14-17,20H2,2-5H3,(H2,42,43)(H,44,51)(H,45,50). The summed E-state index contributed by atoms with van der Waals surface area (Å²) >= 11 is 0. The van der Waals surface area contributed by atoms with Crippen LogP contribution in [0.1, 0.15) is 28.8 Å². The number of halogens is 4. The predicted octanol–water partition coefficient (Wildman–Crippen LogP) is 5.12. The molecule has 272 valence electrons. The fourth-order valence-corrected chi connectivity index (χ4v) is 6.22. The van der Waals surface area contributed by atoms with Crippen LogP contribution >= 0.6 is 0 Å². The molecule has 0 bridgehead atoms. The number of nitrogen functional groups attached to an aromatic ring is 1. The number of methoxy groups -OCH3 is 1. The van der Waals surface area contributed by atoms with Gasteiger partial charge < -0.3 is 35.5 Å². The van der Waals surface area contributed by atoms with Gasteiger partial charge in [-0.15, -0.1) is 0 Å². The normalized spacial score (nSPS) is 13.4. The summed E-state index contributed by atoms with van der Waals surface area (Å²) in [5.41, 5.74) is 9.78. The van der Waals surface area contributed by atoms with Crippen LogP contribution in [0.2, 0.25) is 0 Å². The van der Waals surface area contributed by atoms with Gasteiger partial charge in [-0.3, -0.25) is 14.4 Å². The Balaban J connectivity index is 1.64. The van der Waals surface area contributed by atoms with E-state index in [0.717, 1.165) is 12.8 Å². The minimum absolute atomic E-state index is 0.00393. The Kier molecular flexibility index (Phi) is 10.9. The van der Waals surface area contributed by atoms with Crippen molar-refractivity contribution >= 4 is 40.1 Å². The van der Waals surface area contributed by atoms with Crippen LogP contribution in [0.5, 0.6) is 5.75 Å². The summed E-state index contributed by atoms with van der Waals surface area (Å²) in [5.74, 6) is 2.41. The quantitative estimate of drug-likeness (QED) is 0.131. The number of hydrogen-bond acceptors (Lipinski definition) is 7. The van der Waals surface area contributed by atoms with E-state index in [4.69, 9.17) is 10.5 Å². The minimum atomic E-state index is -4.61. The number of amides is 3. The lowest BCUT2D eigenvalue weighted by atomic mass is 9.96. The first kappa shape index (κ1) is 37.4. The smallest absolute Gasteiger partial charge is 0.405 e. The number of fused-ring (bicyclic) bond motifs is 1. The molecule has 11 nitrogen and oxygen atoms in total. The number of alkyl halides is 3. The maximum absolute atomic E-state index is 13.4. The summed E-state index contributed by atoms with van der Waals surface area (Å²) in [4.78, 5) is 46.0. The number of rotatable bonds is 8. The van der Waals surface area contributed by atoms with E-state index < -0.39 is 30.4 Å². The molecule has 1 aliphatic heterocycles. The highest BCUT2D eigenvalue weighted by molar-refractivity contribution is 6.12. The molecule has 3 heterocycles. The zero-order valence-corrected chi connectivity index (χ0v) is 28.9. The van der Waals surface area contributed by atoms with E-state index in [2.05, 4.69) is 33.6 Å². The molecule has 0 atom stereocenters. The van der Waals surface area contributed by atoms with E-state index in [1.165, 1.54) is 25.4 Å². The third-order valence-corrected chi connectivity index (χ3v) is 8.87. The van der Waals surface area contributed by atoms with Crippen LogP contribution in [0, 0.1) is 11.8 Å². The summed E-state index contributed by atoms with van der Waals surface area (Å²) in [6, 6.07) is 11.3. The first-order valence-electron chi connectivity index (χ1n) is 16.1.